The number of nitrogen functional groups attached to an aromatic ring is 1. The van der Waals surface area contributed by atoms with E-state index in [-0.39, 0.29) is 29.5 Å². The van der Waals surface area contributed by atoms with E-state index in [1.165, 1.54) is 17.2 Å². The molecule has 3 heterocycles. The number of aliphatic hydroxyl groups is 2. The third-order valence-electron chi connectivity index (χ3n) is 6.25. The minimum absolute atomic E-state index is 0.0610. The number of allylic oxidation sites excluding steroid dienone is 2. The van der Waals surface area contributed by atoms with Crippen LogP contribution in [0.25, 0.3) is 11.2 Å². The molecule has 2 aromatic heterocycles. The number of nitrogens with two attached hydrogens (primary N) is 1. The van der Waals surface area contributed by atoms with Gasteiger partial charge in [-0.1, -0.05) is 0 Å². The Bertz CT molecular complexity index is 1150. The number of nitrogens with zero attached hydrogens (tertiary/aromatic N) is 4. The van der Waals surface area contributed by atoms with E-state index in [2.05, 4.69) is 27.1 Å². The molecule has 2 aromatic rings. The Morgan fingerprint density at radius 2 is 2.00 bits per heavy atom. The second kappa shape index (κ2) is 11.6. The summed E-state index contributed by atoms with van der Waals surface area (Å²) in [4.78, 5) is 32.5. The van der Waals surface area contributed by atoms with Crippen molar-refractivity contribution in [2.24, 2.45) is 11.8 Å². The van der Waals surface area contributed by atoms with Crippen molar-refractivity contribution in [1.82, 2.24) is 19.5 Å². The van der Waals surface area contributed by atoms with Gasteiger partial charge in [-0.25, -0.2) is 0 Å². The molecule has 6 N–H and O–H groups in total. The molecule has 1 aliphatic carbocycles. The molecule has 37 heavy (non-hydrogen) atoms. The van der Waals surface area contributed by atoms with Gasteiger partial charge in [0.2, 0.25) is 0 Å². The zero-order chi connectivity index (χ0) is 26.8. The first-order valence-electron chi connectivity index (χ1n) is 11.8. The van der Waals surface area contributed by atoms with E-state index in [1.807, 2.05) is 6.92 Å². The number of anilines is 1. The third kappa shape index (κ3) is 6.70. The maximum absolute atomic E-state index is 12.8. The molecular formula is C20H33N5O10P2. The molecule has 0 amide bonds. The summed E-state index contributed by atoms with van der Waals surface area (Å²) in [5.41, 5.74) is 6.32. The fourth-order valence-electron chi connectivity index (χ4n) is 4.06. The van der Waals surface area contributed by atoms with E-state index < -0.39 is 47.1 Å². The molecule has 2 fully saturated rings. The van der Waals surface area contributed by atoms with E-state index >= 15 is 0 Å². The van der Waals surface area contributed by atoms with Gasteiger partial charge in [0.05, 0.1) is 0 Å². The Hall–Kier alpha value is -1.61. The number of phosphoric ester groups is 1. The molecule has 1 saturated heterocycles. The summed E-state index contributed by atoms with van der Waals surface area (Å²) < 4.78 is 39.8. The summed E-state index contributed by atoms with van der Waals surface area (Å²) in [6.07, 6.45) is 4.15. The van der Waals surface area contributed by atoms with Crippen LogP contribution in [0, 0.1) is 11.8 Å². The number of rotatable bonds is 13. The summed E-state index contributed by atoms with van der Waals surface area (Å²) >= 11 is 0. The summed E-state index contributed by atoms with van der Waals surface area (Å²) in [5, 5.41) is 21.0. The molecule has 4 unspecified atom stereocenters. The second-order valence-electron chi connectivity index (χ2n) is 8.88. The molecule has 0 aromatic carbocycles. The van der Waals surface area contributed by atoms with Gasteiger partial charge in [0.15, 0.2) is 0 Å². The van der Waals surface area contributed by atoms with Gasteiger partial charge in [0.1, 0.15) is 0 Å². The van der Waals surface area contributed by atoms with Crippen LogP contribution in [0.3, 0.4) is 0 Å². The Labute approximate surface area is 213 Å². The van der Waals surface area contributed by atoms with Crippen molar-refractivity contribution >= 4 is 33.0 Å². The number of hydrogen-bond acceptors (Lipinski definition) is 14. The fraction of sp³-hybridized carbons (Fsp3) is 0.650. The molecule has 208 valence electrons. The standard InChI is InChI=1S/C20H33N5O10P2/c1-3-4-5-6-12-7-13(12)8-33-37(30,31-2)35-36(28,29)32-9-14-16(26)17(27)20(34-14)25-11-24-15-18(21)22-10-23-19(15)25/h4-5,10-14,16-17,20,26-29,36H,3,6-9H2,1-2H3,(H2,21,22,23)/b5-4+/t12?,13-,14+,16?,17?,20+,37?/m0/s1. The molecule has 0 radical (unpaired) electrons. The van der Waals surface area contributed by atoms with E-state index in [1.54, 1.807) is 0 Å². The van der Waals surface area contributed by atoms with Crippen molar-refractivity contribution in [1.29, 1.82) is 0 Å². The fourth-order valence-corrected chi connectivity index (χ4v) is 6.81. The van der Waals surface area contributed by atoms with E-state index in [0.29, 0.717) is 5.92 Å². The van der Waals surface area contributed by atoms with E-state index in [0.717, 1.165) is 26.4 Å². The van der Waals surface area contributed by atoms with Gasteiger partial charge in [0, 0.05) is 0 Å². The summed E-state index contributed by atoms with van der Waals surface area (Å²) in [6, 6.07) is 0. The van der Waals surface area contributed by atoms with Crippen LogP contribution in [0.4, 0.5) is 5.82 Å². The van der Waals surface area contributed by atoms with Gasteiger partial charge in [-0.2, -0.15) is 0 Å². The van der Waals surface area contributed by atoms with Gasteiger partial charge < -0.3 is 0 Å². The minimum atomic E-state index is -5.07. The normalized spacial score (nSPS) is 30.2. The van der Waals surface area contributed by atoms with Crippen molar-refractivity contribution in [2.45, 2.75) is 50.7 Å². The molecule has 0 spiro atoms. The first kappa shape index (κ1) is 28.4. The van der Waals surface area contributed by atoms with Gasteiger partial charge in [0.25, 0.3) is 0 Å². The van der Waals surface area contributed by atoms with Crippen LogP contribution < -0.4 is 5.73 Å². The molecule has 2 aliphatic rings. The predicted molar refractivity (Wildman–Crippen MR) is 132 cm³/mol. The van der Waals surface area contributed by atoms with Crippen molar-refractivity contribution < 1.29 is 47.2 Å². The topological polar surface area (TPSA) is 214 Å². The monoisotopic (exact) mass is 565 g/mol. The molecule has 7 atom stereocenters. The molecule has 1 aliphatic heterocycles. The van der Waals surface area contributed by atoms with E-state index in [9.17, 15) is 24.6 Å². The first-order chi connectivity index (χ1) is 17.6. The number of aromatic nitrogens is 4. The van der Waals surface area contributed by atoms with Crippen molar-refractivity contribution in [3.8, 4) is 0 Å². The SMILES string of the molecule is CC/C=C/CC1C[C@H]1COP(=O)(OC)O[PH](O)(O)OC[C@H]1O[C@@H](n2cnc3c(N)ncnc32)C(O)C1O. The van der Waals surface area contributed by atoms with Crippen LogP contribution in [0.5, 0.6) is 0 Å². The molecule has 4 rings (SSSR count). The summed E-state index contributed by atoms with van der Waals surface area (Å²) in [6.45, 7) is 1.49. The molecular weight excluding hydrogens is 532 g/mol. The Balaban J connectivity index is 1.31. The second-order valence-corrected chi connectivity index (χ2v) is 12.5. The maximum atomic E-state index is 12.8. The molecule has 0 bridgehead atoms. The first-order valence-corrected chi connectivity index (χ1v) is 14.9. The number of ether oxygens (including phenoxy) is 1. The zero-order valence-corrected chi connectivity index (χ0v) is 22.3. The Morgan fingerprint density at radius 1 is 1.22 bits per heavy atom. The zero-order valence-electron chi connectivity index (χ0n) is 20.4. The van der Waals surface area contributed by atoms with Crippen LogP contribution in [-0.4, -0.2) is 78.2 Å². The van der Waals surface area contributed by atoms with Crippen LogP contribution in [-0.2, 0) is 27.2 Å². The number of phosphoric acid groups is 1. The average Bonchev–Trinajstić information content (AvgIpc) is 3.37. The molecule has 17 heteroatoms. The quantitative estimate of drug-likeness (QED) is 0.171. The van der Waals surface area contributed by atoms with Crippen LogP contribution in [0.1, 0.15) is 32.4 Å². The molecule has 15 nitrogen and oxygen atoms in total. The Morgan fingerprint density at radius 3 is 2.73 bits per heavy atom. The van der Waals surface area contributed by atoms with E-state index in [4.69, 9.17) is 28.4 Å². The third-order valence-corrected chi connectivity index (χ3v) is 9.55. The summed E-state index contributed by atoms with van der Waals surface area (Å²) in [7, 11) is -8.35. The number of aliphatic hydroxyl groups excluding tert-OH is 2. The average molecular weight is 565 g/mol. The summed E-state index contributed by atoms with van der Waals surface area (Å²) in [5.74, 6) is 0.675. The number of hydrogen-bond donors (Lipinski definition) is 5. The Kier molecular flexibility index (Phi) is 8.94. The van der Waals surface area contributed by atoms with Gasteiger partial charge in [-0.3, -0.25) is 0 Å². The number of imidazole rings is 1. The van der Waals surface area contributed by atoms with Crippen molar-refractivity contribution in [3.05, 3.63) is 24.8 Å². The van der Waals surface area contributed by atoms with Crippen LogP contribution in [0.15, 0.2) is 24.8 Å². The van der Waals surface area contributed by atoms with Gasteiger partial charge in [-0.05, 0) is 0 Å². The molecule has 1 saturated carbocycles. The van der Waals surface area contributed by atoms with Crippen molar-refractivity contribution in [3.63, 3.8) is 0 Å². The van der Waals surface area contributed by atoms with Crippen molar-refractivity contribution in [2.75, 3.05) is 26.1 Å². The number of fused-ring (bicyclic) bond motifs is 1. The van der Waals surface area contributed by atoms with Crippen LogP contribution >= 0.6 is 16.0 Å². The predicted octanol–water partition coefficient (Wildman–Crippen LogP) is 1.22. The van der Waals surface area contributed by atoms with Gasteiger partial charge in [-0.15, -0.1) is 0 Å². The van der Waals surface area contributed by atoms with Crippen LogP contribution in [0.2, 0.25) is 0 Å². The van der Waals surface area contributed by atoms with Gasteiger partial charge >= 0.3 is 213 Å².